The van der Waals surface area contributed by atoms with Crippen LogP contribution in [0, 0.1) is 0 Å². The van der Waals surface area contributed by atoms with Crippen LogP contribution in [0.5, 0.6) is 0 Å². The lowest BCUT2D eigenvalue weighted by atomic mass is 9.84. The van der Waals surface area contributed by atoms with Crippen molar-refractivity contribution >= 4 is 40.5 Å². The summed E-state index contributed by atoms with van der Waals surface area (Å²) >= 11 is 6.05. The third-order valence-electron chi connectivity index (χ3n) is 9.01. The van der Waals surface area contributed by atoms with Gasteiger partial charge in [0.15, 0.2) is 5.65 Å². The fraction of sp³-hybridized carbons (Fsp3) is 0.406. The van der Waals surface area contributed by atoms with Gasteiger partial charge in [-0.15, -0.1) is 5.10 Å². The van der Waals surface area contributed by atoms with Gasteiger partial charge in [0.25, 0.3) is 5.91 Å². The van der Waals surface area contributed by atoms with Crippen LogP contribution >= 0.6 is 11.6 Å². The predicted octanol–water partition coefficient (Wildman–Crippen LogP) is 4.21. The molecule has 3 fully saturated rings. The number of amides is 1. The molecule has 7 rings (SSSR count). The van der Waals surface area contributed by atoms with Gasteiger partial charge in [0.2, 0.25) is 5.95 Å². The number of nitrogens with one attached hydrogen (secondary N) is 2. The van der Waals surface area contributed by atoms with Gasteiger partial charge in [-0.05, 0) is 86.3 Å². The molecule has 0 radical (unpaired) electrons. The highest BCUT2D eigenvalue weighted by Crippen LogP contribution is 2.36. The number of ether oxygens (including phenoxy) is 1. The van der Waals surface area contributed by atoms with Gasteiger partial charge < -0.3 is 30.3 Å². The van der Waals surface area contributed by atoms with Crippen LogP contribution in [0.3, 0.4) is 0 Å². The van der Waals surface area contributed by atoms with Gasteiger partial charge >= 0.3 is 0 Å². The highest BCUT2D eigenvalue weighted by molar-refractivity contribution is 6.30. The zero-order valence-electron chi connectivity index (χ0n) is 24.0. The number of anilines is 3. The van der Waals surface area contributed by atoms with E-state index in [0.29, 0.717) is 62.2 Å². The molecule has 1 atom stereocenters. The molecule has 10 nitrogen and oxygen atoms in total. The van der Waals surface area contributed by atoms with Crippen molar-refractivity contribution in [2.75, 3.05) is 56.1 Å². The number of carbonyl (C=O) groups is 1. The third kappa shape index (κ3) is 5.68. The number of rotatable bonds is 5. The number of nitrogens with zero attached hydrogens (tertiary/aromatic N) is 5. The van der Waals surface area contributed by atoms with E-state index in [0.717, 1.165) is 48.5 Å². The predicted molar refractivity (Wildman–Crippen MR) is 166 cm³/mol. The number of aromatic nitrogens is 3. The van der Waals surface area contributed by atoms with Crippen molar-refractivity contribution < 1.29 is 14.6 Å². The number of hydrogen-bond acceptors (Lipinski definition) is 8. The van der Waals surface area contributed by atoms with Gasteiger partial charge in [-0.2, -0.15) is 4.98 Å². The Kier molecular flexibility index (Phi) is 7.46. The van der Waals surface area contributed by atoms with E-state index in [1.54, 1.807) is 4.52 Å². The van der Waals surface area contributed by atoms with E-state index in [2.05, 4.69) is 20.6 Å². The first-order valence-corrected chi connectivity index (χ1v) is 15.4. The smallest absolute Gasteiger partial charge is 0.254 e. The van der Waals surface area contributed by atoms with E-state index >= 15 is 0 Å². The minimum atomic E-state index is -0.879. The van der Waals surface area contributed by atoms with Gasteiger partial charge in [-0.3, -0.25) is 4.79 Å². The number of carbonyl (C=O) groups excluding carboxylic acids is 1. The molecular formula is C32H36ClN7O3. The number of morpholine rings is 1. The topological polar surface area (TPSA) is 107 Å². The summed E-state index contributed by atoms with van der Waals surface area (Å²) < 4.78 is 7.88. The van der Waals surface area contributed by atoms with E-state index < -0.39 is 5.60 Å². The largest absolute Gasteiger partial charge is 0.385 e. The summed E-state index contributed by atoms with van der Waals surface area (Å²) in [5, 5.41) is 23.3. The fourth-order valence-electron chi connectivity index (χ4n) is 6.58. The molecule has 4 aromatic rings. The quantitative estimate of drug-likeness (QED) is 0.312. The molecule has 5 heterocycles. The first-order chi connectivity index (χ1) is 20.9. The van der Waals surface area contributed by atoms with Crippen molar-refractivity contribution in [2.45, 2.75) is 36.9 Å². The maximum atomic E-state index is 13.3. The lowest BCUT2D eigenvalue weighted by molar-refractivity contribution is -0.109. The van der Waals surface area contributed by atoms with E-state index in [1.165, 1.54) is 0 Å². The molecule has 2 aromatic heterocycles. The zero-order chi connectivity index (χ0) is 29.4. The second kappa shape index (κ2) is 11.4. The SMILES string of the molecule is O=C(c1ccc(Nc2nc3c(N4CCC(O)(c5ccc(Cl)cc5)CC4)cccn3n2)cc1)N1CCOC2(CCCNC2)C1. The van der Waals surface area contributed by atoms with Crippen molar-refractivity contribution in [3.05, 3.63) is 83.0 Å². The first kappa shape index (κ1) is 28.1. The van der Waals surface area contributed by atoms with E-state index in [4.69, 9.17) is 21.3 Å². The number of pyridine rings is 1. The average molecular weight is 602 g/mol. The molecule has 11 heteroatoms. The molecule has 1 spiro atoms. The molecule has 43 heavy (non-hydrogen) atoms. The van der Waals surface area contributed by atoms with E-state index in [1.807, 2.05) is 71.8 Å². The van der Waals surface area contributed by atoms with Crippen LogP contribution in [0.2, 0.25) is 5.02 Å². The minimum Gasteiger partial charge on any atom is -0.385 e. The molecule has 0 bridgehead atoms. The molecule has 1 amide bonds. The first-order valence-electron chi connectivity index (χ1n) is 15.0. The van der Waals surface area contributed by atoms with Crippen LogP contribution in [0.1, 0.15) is 41.6 Å². The van der Waals surface area contributed by atoms with Crippen LogP contribution in [0.4, 0.5) is 17.3 Å². The standard InChI is InChI=1S/C32H36ClN7O3/c33-25-8-6-24(7-9-25)32(42)13-17-38(18-14-32)27-3-1-16-40-28(27)36-30(37-40)35-26-10-4-23(5-11-26)29(41)39-19-20-43-31(22-39)12-2-15-34-21-31/h1,3-11,16,34,42H,2,12-15,17-22H2,(H,35,37). The molecule has 1 unspecified atom stereocenters. The Balaban J connectivity index is 1.02. The van der Waals surface area contributed by atoms with Crippen molar-refractivity contribution in [2.24, 2.45) is 0 Å². The van der Waals surface area contributed by atoms with Gasteiger partial charge in [-0.1, -0.05) is 23.7 Å². The zero-order valence-corrected chi connectivity index (χ0v) is 24.8. The second-order valence-electron chi connectivity index (χ2n) is 11.9. The lowest BCUT2D eigenvalue weighted by Crippen LogP contribution is -2.59. The number of benzene rings is 2. The number of halogens is 1. The molecule has 0 saturated carbocycles. The molecule has 3 aliphatic rings. The summed E-state index contributed by atoms with van der Waals surface area (Å²) in [6, 6.07) is 18.9. The minimum absolute atomic E-state index is 0.0276. The van der Waals surface area contributed by atoms with Crippen molar-refractivity contribution in [1.82, 2.24) is 24.8 Å². The number of hydrogen-bond donors (Lipinski definition) is 3. The fourth-order valence-corrected chi connectivity index (χ4v) is 6.71. The van der Waals surface area contributed by atoms with Crippen LogP contribution in [-0.2, 0) is 10.3 Å². The highest BCUT2D eigenvalue weighted by Gasteiger charge is 2.39. The Labute approximate surface area is 255 Å². The molecule has 2 aromatic carbocycles. The van der Waals surface area contributed by atoms with Crippen molar-refractivity contribution in [1.29, 1.82) is 0 Å². The van der Waals surface area contributed by atoms with Crippen LogP contribution < -0.4 is 15.5 Å². The number of aliphatic hydroxyl groups is 1. The Bertz CT molecular complexity index is 1590. The molecular weight excluding hydrogens is 566 g/mol. The second-order valence-corrected chi connectivity index (χ2v) is 12.3. The van der Waals surface area contributed by atoms with Gasteiger partial charge in [0.05, 0.1) is 30.0 Å². The summed E-state index contributed by atoms with van der Waals surface area (Å²) in [6.45, 7) is 4.94. The lowest BCUT2D eigenvalue weighted by Gasteiger charge is -2.45. The maximum Gasteiger partial charge on any atom is 0.254 e. The Morgan fingerprint density at radius 3 is 2.56 bits per heavy atom. The average Bonchev–Trinajstić information content (AvgIpc) is 3.45. The Hall–Kier alpha value is -3.70. The van der Waals surface area contributed by atoms with Crippen LogP contribution in [-0.4, -0.2) is 82.0 Å². The number of piperidine rings is 2. The maximum absolute atomic E-state index is 13.3. The molecule has 0 aliphatic carbocycles. The van der Waals surface area contributed by atoms with Gasteiger partial charge in [0.1, 0.15) is 0 Å². The summed E-state index contributed by atoms with van der Waals surface area (Å²) in [5.74, 6) is 0.501. The summed E-state index contributed by atoms with van der Waals surface area (Å²) in [7, 11) is 0. The Morgan fingerprint density at radius 1 is 1.02 bits per heavy atom. The normalized spacial score (nSPS) is 22.2. The van der Waals surface area contributed by atoms with E-state index in [9.17, 15) is 9.90 Å². The summed E-state index contributed by atoms with van der Waals surface area (Å²) in [5.41, 5.74) is 2.91. The molecule has 224 valence electrons. The van der Waals surface area contributed by atoms with Crippen LogP contribution in [0.15, 0.2) is 66.9 Å². The van der Waals surface area contributed by atoms with Crippen LogP contribution in [0.25, 0.3) is 5.65 Å². The van der Waals surface area contributed by atoms with E-state index in [-0.39, 0.29) is 11.5 Å². The summed E-state index contributed by atoms with van der Waals surface area (Å²) in [6.07, 6.45) is 5.12. The summed E-state index contributed by atoms with van der Waals surface area (Å²) in [4.78, 5) is 22.3. The van der Waals surface area contributed by atoms with Gasteiger partial charge in [0, 0.05) is 48.6 Å². The molecule has 3 aliphatic heterocycles. The molecule has 3 N–H and O–H groups in total. The number of fused-ring (bicyclic) bond motifs is 1. The molecule has 3 saturated heterocycles. The third-order valence-corrected chi connectivity index (χ3v) is 9.26. The highest BCUT2D eigenvalue weighted by atomic mass is 35.5. The monoisotopic (exact) mass is 601 g/mol. The van der Waals surface area contributed by atoms with Crippen molar-refractivity contribution in [3.8, 4) is 0 Å². The van der Waals surface area contributed by atoms with Crippen molar-refractivity contribution in [3.63, 3.8) is 0 Å². The van der Waals surface area contributed by atoms with Gasteiger partial charge in [-0.25, -0.2) is 4.52 Å². The Morgan fingerprint density at radius 2 is 1.81 bits per heavy atom.